The molecule has 3 N–H and O–H groups in total. The number of thiazole rings is 1. The second-order valence-corrected chi connectivity index (χ2v) is 4.38. The first-order valence-electron chi connectivity index (χ1n) is 4.43. The van der Waals surface area contributed by atoms with Gasteiger partial charge < -0.3 is 10.8 Å². The number of nitrogens with two attached hydrogens (primary N) is 1. The van der Waals surface area contributed by atoms with Crippen molar-refractivity contribution < 1.29 is 5.11 Å². The van der Waals surface area contributed by atoms with E-state index in [2.05, 4.69) is 4.98 Å². The van der Waals surface area contributed by atoms with Crippen LogP contribution in [0.3, 0.4) is 0 Å². The summed E-state index contributed by atoms with van der Waals surface area (Å²) in [5, 5.41) is 12.9. The molecule has 0 bridgehead atoms. The molecular weight excluding hydrogens is 184 g/mol. The van der Waals surface area contributed by atoms with Gasteiger partial charge in [0.05, 0.1) is 16.3 Å². The maximum atomic E-state index is 9.93. The topological polar surface area (TPSA) is 59.1 Å². The van der Waals surface area contributed by atoms with Crippen LogP contribution in [0.25, 0.3) is 0 Å². The molecule has 0 radical (unpaired) electrons. The van der Waals surface area contributed by atoms with Crippen molar-refractivity contribution in [1.82, 2.24) is 4.98 Å². The molecule has 0 saturated heterocycles. The van der Waals surface area contributed by atoms with Gasteiger partial charge in [-0.25, -0.2) is 4.98 Å². The number of aryl methyl sites for hydroxylation is 1. The van der Waals surface area contributed by atoms with Gasteiger partial charge in [-0.1, -0.05) is 6.92 Å². The van der Waals surface area contributed by atoms with Gasteiger partial charge in [0.25, 0.3) is 0 Å². The van der Waals surface area contributed by atoms with Crippen LogP contribution < -0.4 is 5.73 Å². The molecule has 3 nitrogen and oxygen atoms in total. The number of aliphatic hydroxyl groups is 1. The third-order valence-electron chi connectivity index (χ3n) is 2.21. The van der Waals surface area contributed by atoms with Gasteiger partial charge in [0, 0.05) is 18.3 Å². The zero-order chi connectivity index (χ0) is 9.90. The minimum atomic E-state index is -0.777. The molecule has 0 aliphatic rings. The molecule has 1 unspecified atom stereocenters. The van der Waals surface area contributed by atoms with Crippen LogP contribution in [0.2, 0.25) is 0 Å². The number of rotatable bonds is 4. The smallest absolute Gasteiger partial charge is 0.0897 e. The van der Waals surface area contributed by atoms with Crippen molar-refractivity contribution in [2.24, 2.45) is 5.73 Å². The molecule has 0 aromatic carbocycles. The molecule has 1 rings (SSSR count). The van der Waals surface area contributed by atoms with Gasteiger partial charge in [-0.2, -0.15) is 0 Å². The summed E-state index contributed by atoms with van der Waals surface area (Å²) in [6, 6.07) is 0. The Labute approximate surface area is 82.6 Å². The number of hydrogen-bond acceptors (Lipinski definition) is 4. The molecule has 1 atom stereocenters. The lowest BCUT2D eigenvalue weighted by Gasteiger charge is -2.23. The monoisotopic (exact) mass is 200 g/mol. The molecule has 0 amide bonds. The lowest BCUT2D eigenvalue weighted by atomic mass is 9.95. The largest absolute Gasteiger partial charge is 0.388 e. The summed E-state index contributed by atoms with van der Waals surface area (Å²) in [6.07, 6.45) is 1.23. The molecule has 0 fully saturated rings. The lowest BCUT2D eigenvalue weighted by molar-refractivity contribution is 0.0448. The van der Waals surface area contributed by atoms with E-state index in [1.165, 1.54) is 0 Å². The Kier molecular flexibility index (Phi) is 3.41. The zero-order valence-electron chi connectivity index (χ0n) is 8.08. The molecule has 0 spiro atoms. The minimum absolute atomic E-state index is 0.292. The first-order valence-corrected chi connectivity index (χ1v) is 5.31. The first kappa shape index (κ1) is 10.6. The van der Waals surface area contributed by atoms with Crippen LogP contribution in [0.5, 0.6) is 0 Å². The van der Waals surface area contributed by atoms with Gasteiger partial charge in [-0.15, -0.1) is 11.3 Å². The Balaban J connectivity index is 2.67. The quantitative estimate of drug-likeness (QED) is 0.765. The van der Waals surface area contributed by atoms with E-state index in [4.69, 9.17) is 5.73 Å². The molecule has 1 heterocycles. The lowest BCUT2D eigenvalue weighted by Crippen LogP contribution is -2.39. The van der Waals surface area contributed by atoms with E-state index in [9.17, 15) is 5.11 Å². The van der Waals surface area contributed by atoms with E-state index in [0.717, 1.165) is 10.7 Å². The van der Waals surface area contributed by atoms with Crippen LogP contribution >= 0.6 is 11.3 Å². The summed E-state index contributed by atoms with van der Waals surface area (Å²) in [5.41, 5.74) is 5.66. The number of nitrogens with zero attached hydrogens (tertiary/aromatic N) is 1. The van der Waals surface area contributed by atoms with Crippen LogP contribution in [0.4, 0.5) is 0 Å². The summed E-state index contributed by atoms with van der Waals surface area (Å²) in [6.45, 7) is 4.19. The van der Waals surface area contributed by atoms with Crippen molar-refractivity contribution in [3.63, 3.8) is 0 Å². The second-order valence-electron chi connectivity index (χ2n) is 3.32. The second kappa shape index (κ2) is 4.17. The predicted molar refractivity (Wildman–Crippen MR) is 54.9 cm³/mol. The van der Waals surface area contributed by atoms with E-state index in [1.54, 1.807) is 11.3 Å². The van der Waals surface area contributed by atoms with Gasteiger partial charge in [-0.05, 0) is 13.3 Å². The van der Waals surface area contributed by atoms with Gasteiger partial charge in [0.2, 0.25) is 0 Å². The van der Waals surface area contributed by atoms with Crippen molar-refractivity contribution in [2.45, 2.75) is 32.3 Å². The molecule has 1 aromatic rings. The molecule has 0 saturated carbocycles. The summed E-state index contributed by atoms with van der Waals surface area (Å²) in [4.78, 5) is 4.29. The van der Waals surface area contributed by atoms with Crippen molar-refractivity contribution in [3.05, 3.63) is 16.1 Å². The van der Waals surface area contributed by atoms with E-state index < -0.39 is 5.60 Å². The van der Waals surface area contributed by atoms with E-state index in [1.807, 2.05) is 19.2 Å². The van der Waals surface area contributed by atoms with Gasteiger partial charge in [0.15, 0.2) is 0 Å². The summed E-state index contributed by atoms with van der Waals surface area (Å²) in [5.74, 6) is 0. The Morgan fingerprint density at radius 3 is 2.77 bits per heavy atom. The SMILES string of the molecule is CCC(O)(CN)Cc1csc(C)n1. The standard InChI is InChI=1S/C9H16N2OS/c1-3-9(12,6-10)4-8-5-13-7(2)11-8/h5,12H,3-4,6,10H2,1-2H3. The van der Waals surface area contributed by atoms with Crippen molar-refractivity contribution >= 4 is 11.3 Å². The third kappa shape index (κ3) is 2.76. The maximum Gasteiger partial charge on any atom is 0.0897 e. The normalized spacial score (nSPS) is 15.7. The summed E-state index contributed by atoms with van der Waals surface area (Å²) < 4.78 is 0. The first-order chi connectivity index (χ1) is 6.09. The Bertz CT molecular complexity index is 268. The van der Waals surface area contributed by atoms with E-state index in [-0.39, 0.29) is 0 Å². The van der Waals surface area contributed by atoms with Crippen LogP contribution in [-0.2, 0) is 6.42 Å². The Morgan fingerprint density at radius 1 is 1.69 bits per heavy atom. The maximum absolute atomic E-state index is 9.93. The predicted octanol–water partition coefficient (Wildman–Crippen LogP) is 1.09. The zero-order valence-corrected chi connectivity index (χ0v) is 8.90. The highest BCUT2D eigenvalue weighted by atomic mass is 32.1. The Hall–Kier alpha value is -0.450. The molecule has 74 valence electrons. The van der Waals surface area contributed by atoms with Crippen molar-refractivity contribution in [2.75, 3.05) is 6.54 Å². The summed E-state index contributed by atoms with van der Waals surface area (Å²) >= 11 is 1.60. The van der Waals surface area contributed by atoms with Crippen molar-refractivity contribution in [1.29, 1.82) is 0 Å². The number of aromatic nitrogens is 1. The van der Waals surface area contributed by atoms with Crippen LogP contribution in [-0.4, -0.2) is 22.2 Å². The molecule has 0 aliphatic carbocycles. The highest BCUT2D eigenvalue weighted by molar-refractivity contribution is 7.09. The molecule has 0 aliphatic heterocycles. The molecule has 4 heteroatoms. The fourth-order valence-electron chi connectivity index (χ4n) is 1.17. The van der Waals surface area contributed by atoms with Gasteiger partial charge >= 0.3 is 0 Å². The number of hydrogen-bond donors (Lipinski definition) is 2. The minimum Gasteiger partial charge on any atom is -0.388 e. The van der Waals surface area contributed by atoms with E-state index in [0.29, 0.717) is 19.4 Å². The van der Waals surface area contributed by atoms with Crippen LogP contribution in [0.15, 0.2) is 5.38 Å². The third-order valence-corrected chi connectivity index (χ3v) is 3.04. The van der Waals surface area contributed by atoms with Gasteiger partial charge in [0.1, 0.15) is 0 Å². The molecule has 1 aromatic heterocycles. The molecule has 13 heavy (non-hydrogen) atoms. The average Bonchev–Trinajstić information content (AvgIpc) is 2.51. The fraction of sp³-hybridized carbons (Fsp3) is 0.667. The Morgan fingerprint density at radius 2 is 2.38 bits per heavy atom. The van der Waals surface area contributed by atoms with E-state index >= 15 is 0 Å². The van der Waals surface area contributed by atoms with Gasteiger partial charge in [-0.3, -0.25) is 0 Å². The average molecular weight is 200 g/mol. The van der Waals surface area contributed by atoms with Crippen molar-refractivity contribution in [3.8, 4) is 0 Å². The fourth-order valence-corrected chi connectivity index (χ4v) is 1.78. The summed E-state index contributed by atoms with van der Waals surface area (Å²) in [7, 11) is 0. The molecular formula is C9H16N2OS. The highest BCUT2D eigenvalue weighted by Crippen LogP contribution is 2.17. The van der Waals surface area contributed by atoms with Crippen LogP contribution in [0, 0.1) is 6.92 Å². The van der Waals surface area contributed by atoms with Crippen LogP contribution in [0.1, 0.15) is 24.0 Å². The highest BCUT2D eigenvalue weighted by Gasteiger charge is 2.23.